The van der Waals surface area contributed by atoms with Gasteiger partial charge in [0.25, 0.3) is 0 Å². The van der Waals surface area contributed by atoms with E-state index in [0.29, 0.717) is 0 Å². The Kier molecular flexibility index (Phi) is 2870. The minimum absolute atomic E-state index is 0. The Labute approximate surface area is 290 Å². The van der Waals surface area contributed by atoms with Crippen molar-refractivity contribution in [1.29, 1.82) is 31.6 Å². The van der Waals surface area contributed by atoms with E-state index in [-0.39, 0.29) is 228 Å². The summed E-state index contributed by atoms with van der Waals surface area (Å²) >= 11 is 0. The van der Waals surface area contributed by atoms with Crippen LogP contribution in [0.5, 0.6) is 0 Å². The van der Waals surface area contributed by atoms with Gasteiger partial charge >= 0.3 is 223 Å². The molecule has 74 valence electrons. The fourth-order valence-corrected chi connectivity index (χ4v) is 0. The first-order valence-corrected chi connectivity index (χ1v) is 1.34. The smallest absolute Gasteiger partial charge is 0.512 e. The van der Waals surface area contributed by atoms with Crippen molar-refractivity contribution in [3.8, 4) is 0 Å². The molecule has 0 aromatic carbocycles. The Morgan fingerprint density at radius 2 is 0.333 bits per heavy atom. The van der Waals surface area contributed by atoms with E-state index >= 15 is 0 Å². The average Bonchev–Trinajstić information content (AvgIpc) is 2.33. The maximum atomic E-state index is 6.25. The van der Waals surface area contributed by atoms with E-state index in [4.69, 9.17) is 71.0 Å². The molecule has 7 nitrogen and oxygen atoms in total. The molecule has 0 saturated heterocycles. The van der Waals surface area contributed by atoms with Crippen molar-refractivity contribution >= 4 is 0 Å². The predicted octanol–water partition coefficient (Wildman–Crippen LogP) is -12.2. The average molecular weight is 386 g/mol. The molecular weight excluding hydrogens is 384 g/mol. The summed E-state index contributed by atoms with van der Waals surface area (Å²) < 4.78 is 0. The van der Waals surface area contributed by atoms with Crippen molar-refractivity contribution in [3.05, 3.63) is 39.4 Å². The van der Waals surface area contributed by atoms with Crippen LogP contribution >= 0.6 is 0 Å². The molecule has 0 radical (unpaired) electrons. The minimum Gasteiger partial charge on any atom is -0.512 e. The second-order valence-corrected chi connectivity index (χ2v) is 0. The molecule has 0 unspecified atom stereocenters. The molecule has 12 heteroatoms. The van der Waals surface area contributed by atoms with Crippen LogP contribution in [0.4, 0.5) is 0 Å². The van der Waals surface area contributed by atoms with Crippen LogP contribution in [-0.4, -0.2) is 5.48 Å². The summed E-state index contributed by atoms with van der Waals surface area (Å²) in [7, 11) is 0. The fourth-order valence-electron chi connectivity index (χ4n) is 0. The molecule has 0 aliphatic rings. The SMILES string of the molecule is O.[C-]#N.[C-]#N.[C-]#N.[C-]#N.[C-]#N.[C-]#N.[Fe+2].[K+].[K+].[K+].[K+]. The van der Waals surface area contributed by atoms with Gasteiger partial charge in [-0.1, -0.05) is 0 Å². The molecular formula is C6H2FeK4N6O. The third-order valence-corrected chi connectivity index (χ3v) is 0. The monoisotopic (exact) mass is 386 g/mol. The van der Waals surface area contributed by atoms with E-state index in [1.54, 1.807) is 0 Å². The molecule has 18 heavy (non-hydrogen) atoms. The van der Waals surface area contributed by atoms with Crippen LogP contribution < -0.4 is 206 Å². The first kappa shape index (κ1) is 97.2. The van der Waals surface area contributed by atoms with Crippen molar-refractivity contribution in [2.24, 2.45) is 0 Å². The van der Waals surface area contributed by atoms with Crippen molar-refractivity contribution < 1.29 is 228 Å². The maximum absolute atomic E-state index is 6.25. The summed E-state index contributed by atoms with van der Waals surface area (Å²) in [5.41, 5.74) is 0. The zero-order chi connectivity index (χ0) is 12.0. The predicted molar refractivity (Wildman–Crippen MR) is 33.4 cm³/mol. The van der Waals surface area contributed by atoms with Gasteiger partial charge in [-0.2, -0.15) is 0 Å². The maximum Gasteiger partial charge on any atom is 2.00 e. The number of hydrogen-bond donors (Lipinski definition) is 0. The molecule has 0 amide bonds. The third kappa shape index (κ3) is 457. The van der Waals surface area contributed by atoms with Gasteiger partial charge in [-0.15, -0.1) is 0 Å². The molecule has 0 heterocycles. The molecule has 0 spiro atoms. The van der Waals surface area contributed by atoms with E-state index in [0.717, 1.165) is 0 Å². The summed E-state index contributed by atoms with van der Waals surface area (Å²) in [5.74, 6) is 0. The second kappa shape index (κ2) is 532. The number of rotatable bonds is 0. The van der Waals surface area contributed by atoms with Crippen molar-refractivity contribution in [3.63, 3.8) is 0 Å². The summed E-state index contributed by atoms with van der Waals surface area (Å²) in [6.45, 7) is 28.5. The summed E-state index contributed by atoms with van der Waals surface area (Å²) in [6, 6.07) is 0. The van der Waals surface area contributed by atoms with E-state index in [1.165, 1.54) is 0 Å². The normalized spacial score (nSPS) is 0.667. The Bertz CT molecular complexity index is 111. The Morgan fingerprint density at radius 3 is 0.333 bits per heavy atom. The van der Waals surface area contributed by atoms with Crippen LogP contribution in [0, 0.1) is 71.0 Å². The van der Waals surface area contributed by atoms with E-state index in [1.807, 2.05) is 0 Å². The molecule has 0 aromatic heterocycles. The van der Waals surface area contributed by atoms with Gasteiger partial charge in [0.1, 0.15) is 0 Å². The molecule has 2 N–H and O–H groups in total. The molecule has 0 bridgehead atoms. The molecule has 0 rings (SSSR count). The fraction of sp³-hybridized carbons (Fsp3) is 0. The van der Waals surface area contributed by atoms with Crippen LogP contribution in [-0.2, 0) is 17.1 Å². The largest absolute Gasteiger partial charge is 2.00 e. The molecule has 0 aliphatic carbocycles. The van der Waals surface area contributed by atoms with Gasteiger partial charge in [0.15, 0.2) is 0 Å². The molecule has 0 saturated carbocycles. The first-order chi connectivity index (χ1) is 6.00. The standard InChI is InChI=1S/6CN.Fe.4K.H2O/c6*1-2;;;;;;/h;;;;;;;;;;;1H2/q6*-1;+2;4*+1;. The van der Waals surface area contributed by atoms with Crippen molar-refractivity contribution in [2.45, 2.75) is 0 Å². The van der Waals surface area contributed by atoms with Gasteiger partial charge in [0, 0.05) is 0 Å². The van der Waals surface area contributed by atoms with Gasteiger partial charge in [-0.25, -0.2) is 0 Å². The zero-order valence-electron chi connectivity index (χ0n) is 10.5. The first-order valence-electron chi connectivity index (χ1n) is 1.34. The summed E-state index contributed by atoms with van der Waals surface area (Å²) in [5, 5.41) is 37.5. The third-order valence-electron chi connectivity index (χ3n) is 0. The topological polar surface area (TPSA) is 174 Å². The van der Waals surface area contributed by atoms with E-state index in [2.05, 4.69) is 0 Å². The molecule has 0 aromatic rings. The van der Waals surface area contributed by atoms with Crippen molar-refractivity contribution in [2.75, 3.05) is 0 Å². The van der Waals surface area contributed by atoms with Gasteiger partial charge in [0.2, 0.25) is 0 Å². The summed E-state index contributed by atoms with van der Waals surface area (Å²) in [4.78, 5) is 0. The Balaban J connectivity index is -0.00000000225. The second-order valence-electron chi connectivity index (χ2n) is 0. The molecule has 0 aliphatic heterocycles. The zero-order valence-corrected chi connectivity index (χ0v) is 24.1. The summed E-state index contributed by atoms with van der Waals surface area (Å²) in [6.07, 6.45) is 0. The van der Waals surface area contributed by atoms with Gasteiger partial charge in [-0.3, -0.25) is 0 Å². The van der Waals surface area contributed by atoms with E-state index in [9.17, 15) is 0 Å². The Morgan fingerprint density at radius 1 is 0.333 bits per heavy atom. The molecule has 0 atom stereocenters. The van der Waals surface area contributed by atoms with Crippen LogP contribution in [0.25, 0.3) is 0 Å². The van der Waals surface area contributed by atoms with Gasteiger partial charge < -0.3 is 76.5 Å². The number of nitrogens with zero attached hydrogens (tertiary/aromatic N) is 6. The van der Waals surface area contributed by atoms with Gasteiger partial charge in [0.05, 0.1) is 0 Å². The number of hydrogen-bond acceptors (Lipinski definition) is 6. The molecule has 0 fully saturated rings. The quantitative estimate of drug-likeness (QED) is 0.295. The van der Waals surface area contributed by atoms with Crippen LogP contribution in [0.3, 0.4) is 0 Å². The van der Waals surface area contributed by atoms with Crippen LogP contribution in [0.1, 0.15) is 0 Å². The minimum atomic E-state index is 0. The Hall–Kier alpha value is 3.96. The van der Waals surface area contributed by atoms with E-state index < -0.39 is 0 Å². The van der Waals surface area contributed by atoms with Crippen LogP contribution in [0.2, 0.25) is 0 Å². The van der Waals surface area contributed by atoms with Crippen LogP contribution in [0.15, 0.2) is 0 Å². The van der Waals surface area contributed by atoms with Gasteiger partial charge in [-0.05, 0) is 0 Å². The van der Waals surface area contributed by atoms with Crippen molar-refractivity contribution in [1.82, 2.24) is 0 Å².